The fourth-order valence-electron chi connectivity index (χ4n) is 1.52. The lowest BCUT2D eigenvalue weighted by atomic mass is 10.1. The van der Waals surface area contributed by atoms with Gasteiger partial charge in [0.2, 0.25) is 0 Å². The average Bonchev–Trinajstić information content (AvgIpc) is 2.21. The highest BCUT2D eigenvalue weighted by molar-refractivity contribution is 5.95. The molecule has 0 aliphatic heterocycles. The van der Waals surface area contributed by atoms with Crippen molar-refractivity contribution < 1.29 is 14.6 Å². The van der Waals surface area contributed by atoms with Crippen LogP contribution < -0.4 is 10.5 Å². The van der Waals surface area contributed by atoms with E-state index >= 15 is 0 Å². The van der Waals surface area contributed by atoms with Crippen molar-refractivity contribution in [2.75, 3.05) is 5.73 Å². The smallest absolute Gasteiger partial charge is 0.337 e. The van der Waals surface area contributed by atoms with E-state index in [1.807, 2.05) is 6.92 Å². The molecule has 0 spiro atoms. The lowest BCUT2D eigenvalue weighted by molar-refractivity contribution is 0.0697. The molecule has 0 saturated carbocycles. The molecule has 0 amide bonds. The molecule has 3 N–H and O–H groups in total. The van der Waals surface area contributed by atoms with E-state index in [1.54, 1.807) is 12.1 Å². The second-order valence-electron chi connectivity index (χ2n) is 3.74. The van der Waals surface area contributed by atoms with Crippen molar-refractivity contribution in [1.29, 1.82) is 0 Å². The maximum absolute atomic E-state index is 10.8. The largest absolute Gasteiger partial charge is 0.489 e. The first-order chi connectivity index (χ1) is 7.56. The maximum atomic E-state index is 10.8. The van der Waals surface area contributed by atoms with Crippen LogP contribution in [0.1, 0.15) is 37.0 Å². The summed E-state index contributed by atoms with van der Waals surface area (Å²) in [5.41, 5.74) is 6.00. The summed E-state index contributed by atoms with van der Waals surface area (Å²) in [6, 6.07) is 4.79. The topological polar surface area (TPSA) is 72.5 Å². The van der Waals surface area contributed by atoms with Crippen LogP contribution >= 0.6 is 0 Å². The molecule has 0 aliphatic rings. The Bertz CT molecular complexity index is 377. The third kappa shape index (κ3) is 2.89. The van der Waals surface area contributed by atoms with E-state index in [1.165, 1.54) is 6.07 Å². The Morgan fingerprint density at radius 2 is 2.25 bits per heavy atom. The predicted octanol–water partition coefficient (Wildman–Crippen LogP) is 2.53. The second-order valence-corrected chi connectivity index (χ2v) is 3.74. The van der Waals surface area contributed by atoms with Gasteiger partial charge >= 0.3 is 5.97 Å². The Labute approximate surface area is 95.0 Å². The number of aromatic carboxylic acids is 1. The van der Waals surface area contributed by atoms with Crippen molar-refractivity contribution in [2.45, 2.75) is 32.8 Å². The van der Waals surface area contributed by atoms with Gasteiger partial charge in [-0.1, -0.05) is 19.4 Å². The summed E-state index contributed by atoms with van der Waals surface area (Å²) in [5.74, 6) is -0.591. The summed E-state index contributed by atoms with van der Waals surface area (Å²) in [6.45, 7) is 4.01. The lowest BCUT2D eigenvalue weighted by Gasteiger charge is -2.16. The average molecular weight is 223 g/mol. The van der Waals surface area contributed by atoms with Gasteiger partial charge in [0.05, 0.1) is 17.4 Å². The summed E-state index contributed by atoms with van der Waals surface area (Å²) in [6.07, 6.45) is 1.97. The fraction of sp³-hybridized carbons (Fsp3) is 0.417. The monoisotopic (exact) mass is 223 g/mol. The van der Waals surface area contributed by atoms with Crippen LogP contribution in [0.4, 0.5) is 5.69 Å². The van der Waals surface area contributed by atoms with E-state index in [0.717, 1.165) is 12.8 Å². The molecule has 16 heavy (non-hydrogen) atoms. The molecule has 0 aliphatic carbocycles. The van der Waals surface area contributed by atoms with Crippen LogP contribution in [0.25, 0.3) is 0 Å². The van der Waals surface area contributed by atoms with E-state index in [0.29, 0.717) is 5.75 Å². The van der Waals surface area contributed by atoms with Crippen LogP contribution in [0, 0.1) is 0 Å². The van der Waals surface area contributed by atoms with E-state index in [9.17, 15) is 4.79 Å². The first-order valence-corrected chi connectivity index (χ1v) is 5.34. The van der Waals surface area contributed by atoms with Gasteiger partial charge in [0.1, 0.15) is 5.75 Å². The first kappa shape index (κ1) is 12.4. The Morgan fingerprint density at radius 1 is 1.56 bits per heavy atom. The van der Waals surface area contributed by atoms with Gasteiger partial charge in [-0.25, -0.2) is 4.79 Å². The molecule has 0 bridgehead atoms. The van der Waals surface area contributed by atoms with Gasteiger partial charge in [-0.2, -0.15) is 0 Å². The Kier molecular flexibility index (Phi) is 4.17. The van der Waals surface area contributed by atoms with Gasteiger partial charge < -0.3 is 15.6 Å². The number of carbonyl (C=O) groups is 1. The summed E-state index contributed by atoms with van der Waals surface area (Å²) in [7, 11) is 0. The Hall–Kier alpha value is -1.71. The number of anilines is 1. The zero-order valence-corrected chi connectivity index (χ0v) is 9.56. The van der Waals surface area contributed by atoms with Crippen molar-refractivity contribution in [2.24, 2.45) is 0 Å². The summed E-state index contributed by atoms with van der Waals surface area (Å²) >= 11 is 0. The molecule has 4 nitrogen and oxygen atoms in total. The van der Waals surface area contributed by atoms with Crippen molar-refractivity contribution in [3.8, 4) is 5.75 Å². The molecule has 0 aromatic heterocycles. The van der Waals surface area contributed by atoms with Crippen LogP contribution in [-0.2, 0) is 0 Å². The van der Waals surface area contributed by atoms with Crippen LogP contribution in [0.15, 0.2) is 18.2 Å². The molecule has 1 aromatic carbocycles. The molecule has 4 heteroatoms. The van der Waals surface area contributed by atoms with Crippen LogP contribution in [0.2, 0.25) is 0 Å². The van der Waals surface area contributed by atoms with Gasteiger partial charge in [-0.3, -0.25) is 0 Å². The second kappa shape index (κ2) is 5.39. The van der Waals surface area contributed by atoms with E-state index in [2.05, 4.69) is 6.92 Å². The van der Waals surface area contributed by atoms with E-state index in [-0.39, 0.29) is 17.4 Å². The summed E-state index contributed by atoms with van der Waals surface area (Å²) < 4.78 is 5.59. The minimum atomic E-state index is -1.04. The number of nitrogen functional groups attached to an aromatic ring is 1. The predicted molar refractivity (Wildman–Crippen MR) is 62.8 cm³/mol. The highest BCUT2D eigenvalue weighted by Gasteiger charge is 2.13. The standard InChI is InChI=1S/C12H17NO3/c1-3-5-8(2)16-10-7-4-6-9(11(10)13)12(14)15/h4,6-8H,3,5,13H2,1-2H3,(H,14,15). The number of carboxylic acid groups (broad SMARTS) is 1. The number of rotatable bonds is 5. The fourth-order valence-corrected chi connectivity index (χ4v) is 1.52. The van der Waals surface area contributed by atoms with Gasteiger partial charge in [-0.15, -0.1) is 0 Å². The van der Waals surface area contributed by atoms with Gasteiger partial charge in [0.25, 0.3) is 0 Å². The molecule has 0 radical (unpaired) electrons. The molecule has 1 unspecified atom stereocenters. The number of hydrogen-bond acceptors (Lipinski definition) is 3. The zero-order valence-electron chi connectivity index (χ0n) is 9.56. The first-order valence-electron chi connectivity index (χ1n) is 5.34. The highest BCUT2D eigenvalue weighted by atomic mass is 16.5. The number of benzene rings is 1. The molecule has 0 saturated heterocycles. The van der Waals surface area contributed by atoms with Crippen molar-refractivity contribution >= 4 is 11.7 Å². The minimum absolute atomic E-state index is 0.0383. The van der Waals surface area contributed by atoms with Crippen molar-refractivity contribution in [3.63, 3.8) is 0 Å². The van der Waals surface area contributed by atoms with Crippen molar-refractivity contribution in [3.05, 3.63) is 23.8 Å². The molecule has 1 rings (SSSR count). The number of ether oxygens (including phenoxy) is 1. The number of hydrogen-bond donors (Lipinski definition) is 2. The Balaban J connectivity index is 2.89. The van der Waals surface area contributed by atoms with Crippen molar-refractivity contribution in [1.82, 2.24) is 0 Å². The lowest BCUT2D eigenvalue weighted by Crippen LogP contribution is -2.13. The molecule has 88 valence electrons. The third-order valence-electron chi connectivity index (χ3n) is 2.32. The van der Waals surface area contributed by atoms with E-state index < -0.39 is 5.97 Å². The highest BCUT2D eigenvalue weighted by Crippen LogP contribution is 2.26. The molecular weight excluding hydrogens is 206 g/mol. The maximum Gasteiger partial charge on any atom is 0.337 e. The van der Waals surface area contributed by atoms with Gasteiger partial charge in [0, 0.05) is 0 Å². The number of carboxylic acids is 1. The Morgan fingerprint density at radius 3 is 2.81 bits per heavy atom. The SMILES string of the molecule is CCCC(C)Oc1cccc(C(=O)O)c1N. The molecule has 1 aromatic rings. The normalized spacial score (nSPS) is 12.1. The summed E-state index contributed by atoms with van der Waals surface area (Å²) in [4.78, 5) is 10.8. The van der Waals surface area contributed by atoms with Crippen LogP contribution in [0.5, 0.6) is 5.75 Å². The third-order valence-corrected chi connectivity index (χ3v) is 2.32. The molecular formula is C12H17NO3. The zero-order chi connectivity index (χ0) is 12.1. The minimum Gasteiger partial charge on any atom is -0.489 e. The molecule has 0 fully saturated rings. The number of nitrogens with two attached hydrogens (primary N) is 1. The van der Waals surface area contributed by atoms with Crippen LogP contribution in [-0.4, -0.2) is 17.2 Å². The van der Waals surface area contributed by atoms with Gasteiger partial charge in [0.15, 0.2) is 0 Å². The summed E-state index contributed by atoms with van der Waals surface area (Å²) in [5, 5.41) is 8.89. The van der Waals surface area contributed by atoms with E-state index in [4.69, 9.17) is 15.6 Å². The van der Waals surface area contributed by atoms with Crippen LogP contribution in [0.3, 0.4) is 0 Å². The molecule has 1 atom stereocenters. The quantitative estimate of drug-likeness (QED) is 0.752. The van der Waals surface area contributed by atoms with Gasteiger partial charge in [-0.05, 0) is 25.5 Å². The molecule has 0 heterocycles. The number of para-hydroxylation sites is 1.